The second-order valence-corrected chi connectivity index (χ2v) is 16.8. The molecule has 2 aliphatic heterocycles. The minimum atomic E-state index is -3.84. The third-order valence-electron chi connectivity index (χ3n) is 10.2. The molecule has 12 nitrogen and oxygen atoms in total. The van der Waals surface area contributed by atoms with E-state index in [1.807, 2.05) is 51.1 Å². The number of carbonyl (C=O) groups is 4. The fourth-order valence-electron chi connectivity index (χ4n) is 6.94. The smallest absolute Gasteiger partial charge is 0.306 e. The van der Waals surface area contributed by atoms with Gasteiger partial charge >= 0.3 is 5.97 Å². The lowest BCUT2D eigenvalue weighted by Crippen LogP contribution is -2.48. The van der Waals surface area contributed by atoms with E-state index < -0.39 is 62.0 Å². The summed E-state index contributed by atoms with van der Waals surface area (Å²) in [7, 11) is -3.84. The number of fused-ring (bicyclic) bond motifs is 3. The van der Waals surface area contributed by atoms with Gasteiger partial charge in [-0.05, 0) is 61.1 Å². The van der Waals surface area contributed by atoms with Crippen molar-refractivity contribution in [1.82, 2.24) is 19.6 Å². The molecule has 4 bridgehead atoms. The topological polar surface area (TPSA) is 162 Å². The summed E-state index contributed by atoms with van der Waals surface area (Å²) in [4.78, 5) is 65.5. The van der Waals surface area contributed by atoms with E-state index in [0.717, 1.165) is 5.56 Å². The summed E-state index contributed by atoms with van der Waals surface area (Å²) in [6, 6.07) is 4.74. The quantitative estimate of drug-likeness (QED) is 0.330. The Labute approximate surface area is 286 Å². The van der Waals surface area contributed by atoms with E-state index in [0.29, 0.717) is 42.5 Å². The van der Waals surface area contributed by atoms with E-state index in [1.165, 1.54) is 11.2 Å². The van der Waals surface area contributed by atoms with E-state index in [1.54, 1.807) is 6.08 Å². The van der Waals surface area contributed by atoms with Gasteiger partial charge in [-0.3, -0.25) is 23.9 Å². The standard InChI is InChI=1S/C36H44N4O8S/c1-5-23-18-36(23,34(44)39-49(45,46)25-11-12-25)19-30(41)29-16-24-20-40(29)33(43)27(35(2,3)4)17-31(42)47-14-8-6-7-9-22-10-13-28-26(15-22)32(48-24)38-21-37-28/h5,7,9-10,13,15,21,23-25,27,29H,1,6,8,11-12,14,16-20H2,2-4H3,(H,39,44)/b9-7+/t23-,24-,27-,29+,36-/m1/s1. The van der Waals surface area contributed by atoms with Gasteiger partial charge in [0.1, 0.15) is 12.4 Å². The number of amides is 2. The summed E-state index contributed by atoms with van der Waals surface area (Å²) in [5.41, 5.74) is -0.356. The summed E-state index contributed by atoms with van der Waals surface area (Å²) in [5.74, 6) is -2.87. The Balaban J connectivity index is 1.33. The van der Waals surface area contributed by atoms with Crippen LogP contribution >= 0.6 is 0 Å². The van der Waals surface area contributed by atoms with Crippen LogP contribution in [0.5, 0.6) is 5.88 Å². The molecule has 2 aliphatic carbocycles. The summed E-state index contributed by atoms with van der Waals surface area (Å²) < 4.78 is 39.5. The molecule has 49 heavy (non-hydrogen) atoms. The number of Topliss-reactive ketones (excluding diaryl/α,β-unsaturated/α-hetero) is 1. The van der Waals surface area contributed by atoms with Gasteiger partial charge in [0.2, 0.25) is 27.7 Å². The van der Waals surface area contributed by atoms with Crippen LogP contribution in [0.25, 0.3) is 17.0 Å². The van der Waals surface area contributed by atoms with Crippen LogP contribution in [0.3, 0.4) is 0 Å². The lowest BCUT2D eigenvalue weighted by molar-refractivity contribution is -0.153. The molecule has 0 radical (unpaired) electrons. The molecule has 0 spiro atoms. The van der Waals surface area contributed by atoms with Crippen LogP contribution in [-0.2, 0) is 33.9 Å². The highest BCUT2D eigenvalue weighted by Crippen LogP contribution is 2.57. The van der Waals surface area contributed by atoms with E-state index in [2.05, 4.69) is 21.3 Å². The number of hydrogen-bond acceptors (Lipinski definition) is 10. The van der Waals surface area contributed by atoms with Crippen molar-refractivity contribution < 1.29 is 37.1 Å². The number of allylic oxidation sites excluding steroid dienone is 2. The Morgan fingerprint density at radius 1 is 1.18 bits per heavy atom. The Bertz CT molecular complexity index is 1810. The highest BCUT2D eigenvalue weighted by molar-refractivity contribution is 7.90. The minimum absolute atomic E-state index is 0.0437. The first-order chi connectivity index (χ1) is 23.2. The van der Waals surface area contributed by atoms with E-state index >= 15 is 0 Å². The highest BCUT2D eigenvalue weighted by Gasteiger charge is 2.61. The number of hydrogen-bond donors (Lipinski definition) is 1. The van der Waals surface area contributed by atoms with Gasteiger partial charge in [-0.25, -0.2) is 18.4 Å². The Kier molecular flexibility index (Phi) is 9.42. The SMILES string of the molecule is C=C[C@@H]1C[C@]1(CC(=O)[C@@H]1C[C@@H]2CN1C(=O)[C@H](C(C)(C)C)CC(=O)OCCC/C=C/c1ccc3ncnc(c3c1)O2)C(=O)NS(=O)(=O)C1CC1. The van der Waals surface area contributed by atoms with Gasteiger partial charge in [0, 0.05) is 12.8 Å². The van der Waals surface area contributed by atoms with Crippen LogP contribution in [0.2, 0.25) is 0 Å². The Hall–Kier alpha value is -4.13. The van der Waals surface area contributed by atoms with Crippen LogP contribution in [0, 0.1) is 22.7 Å². The predicted octanol–water partition coefficient (Wildman–Crippen LogP) is 4.14. The van der Waals surface area contributed by atoms with E-state index in [4.69, 9.17) is 9.47 Å². The van der Waals surface area contributed by atoms with Crippen molar-refractivity contribution in [2.24, 2.45) is 22.7 Å². The summed E-state index contributed by atoms with van der Waals surface area (Å²) in [6.45, 7) is 9.65. The highest BCUT2D eigenvalue weighted by atomic mass is 32.2. The zero-order chi connectivity index (χ0) is 35.1. The lowest BCUT2D eigenvalue weighted by atomic mass is 9.77. The molecule has 13 heteroatoms. The van der Waals surface area contributed by atoms with Crippen LogP contribution < -0.4 is 9.46 Å². The first kappa shape index (κ1) is 34.7. The number of ether oxygens (including phenoxy) is 2. The largest absolute Gasteiger partial charge is 0.472 e. The second-order valence-electron chi connectivity index (χ2n) is 14.8. The zero-order valence-corrected chi connectivity index (χ0v) is 29.0. The monoisotopic (exact) mass is 692 g/mol. The average Bonchev–Trinajstić information content (AvgIpc) is 3.97. The maximum atomic E-state index is 14.4. The van der Waals surface area contributed by atoms with E-state index in [-0.39, 0.29) is 50.5 Å². The first-order valence-corrected chi connectivity index (χ1v) is 18.5. The lowest BCUT2D eigenvalue weighted by Gasteiger charge is -2.34. The van der Waals surface area contributed by atoms with Crippen LogP contribution in [-0.4, -0.2) is 77.4 Å². The van der Waals surface area contributed by atoms with Crippen LogP contribution in [0.1, 0.15) is 77.7 Å². The third kappa shape index (κ3) is 7.41. The van der Waals surface area contributed by atoms with Gasteiger partial charge in [-0.1, -0.05) is 45.1 Å². The number of carbonyl (C=O) groups excluding carboxylic acids is 4. The molecule has 5 atom stereocenters. The molecule has 1 saturated heterocycles. The predicted molar refractivity (Wildman–Crippen MR) is 181 cm³/mol. The Morgan fingerprint density at radius 2 is 1.96 bits per heavy atom. The molecule has 2 aromatic rings. The number of nitrogens with one attached hydrogen (secondary N) is 1. The van der Waals surface area contributed by atoms with Gasteiger partial charge in [0.05, 0.1) is 53.1 Å². The maximum Gasteiger partial charge on any atom is 0.306 e. The van der Waals surface area contributed by atoms with Crippen LogP contribution in [0.4, 0.5) is 0 Å². The number of aromatic nitrogens is 2. The van der Waals surface area contributed by atoms with Crippen molar-refractivity contribution in [3.63, 3.8) is 0 Å². The maximum absolute atomic E-state index is 14.4. The number of nitrogens with zero attached hydrogens (tertiary/aromatic N) is 3. The van der Waals surface area contributed by atoms with E-state index in [9.17, 15) is 27.6 Å². The fourth-order valence-corrected chi connectivity index (χ4v) is 8.33. The summed E-state index contributed by atoms with van der Waals surface area (Å²) >= 11 is 0. The number of cyclic esters (lactones) is 1. The molecule has 3 fully saturated rings. The molecule has 262 valence electrons. The van der Waals surface area contributed by atoms with Crippen molar-refractivity contribution >= 4 is 50.6 Å². The van der Waals surface area contributed by atoms with Gasteiger partial charge in [-0.2, -0.15) is 0 Å². The number of ketones is 1. The molecule has 6 rings (SSSR count). The van der Waals surface area contributed by atoms with Gasteiger partial charge < -0.3 is 14.4 Å². The molecule has 4 aliphatic rings. The molecular formula is C36H44N4O8S. The Morgan fingerprint density at radius 3 is 2.65 bits per heavy atom. The van der Waals surface area contributed by atoms with Crippen molar-refractivity contribution in [3.05, 3.63) is 48.8 Å². The van der Waals surface area contributed by atoms with Gasteiger partial charge in [0.25, 0.3) is 0 Å². The van der Waals surface area contributed by atoms with Gasteiger partial charge in [-0.15, -0.1) is 6.58 Å². The normalized spacial score (nSPS) is 28.6. The summed E-state index contributed by atoms with van der Waals surface area (Å²) in [5, 5.41) is 0.0783. The molecule has 2 amide bonds. The molecule has 1 aromatic carbocycles. The molecule has 3 heterocycles. The third-order valence-corrected chi connectivity index (χ3v) is 12.0. The molecule has 2 saturated carbocycles. The molecule has 1 aromatic heterocycles. The van der Waals surface area contributed by atoms with Crippen LogP contribution in [0.15, 0.2) is 43.3 Å². The summed E-state index contributed by atoms with van der Waals surface area (Å²) in [6.07, 6.45) is 8.52. The molecular weight excluding hydrogens is 648 g/mol. The number of benzene rings is 1. The fraction of sp³-hybridized carbons (Fsp3) is 0.556. The van der Waals surface area contributed by atoms with Crippen molar-refractivity contribution in [2.75, 3.05) is 13.2 Å². The number of rotatable bonds is 7. The van der Waals surface area contributed by atoms with Crippen molar-refractivity contribution in [1.29, 1.82) is 0 Å². The minimum Gasteiger partial charge on any atom is -0.472 e. The first-order valence-electron chi connectivity index (χ1n) is 17.0. The second kappa shape index (κ2) is 13.3. The van der Waals surface area contributed by atoms with Gasteiger partial charge in [0.15, 0.2) is 5.78 Å². The number of esters is 1. The zero-order valence-electron chi connectivity index (χ0n) is 28.2. The average molecular weight is 693 g/mol. The molecule has 1 N–H and O–H groups in total. The molecule has 0 unspecified atom stereocenters. The number of sulfonamides is 1. The van der Waals surface area contributed by atoms with Crippen molar-refractivity contribution in [2.45, 2.75) is 89.5 Å². The van der Waals surface area contributed by atoms with Crippen molar-refractivity contribution in [3.8, 4) is 5.88 Å².